The third kappa shape index (κ3) is 5.01. The summed E-state index contributed by atoms with van der Waals surface area (Å²) >= 11 is 0. The molecule has 3 N–H and O–H groups in total. The van der Waals surface area contributed by atoms with Gasteiger partial charge in [0.2, 0.25) is 10.0 Å². The fraction of sp³-hybridized carbons (Fsp3) is 0.562. The molecule has 2 atom stereocenters. The molecule has 1 aromatic carbocycles. The van der Waals surface area contributed by atoms with E-state index in [0.717, 1.165) is 19.5 Å². The van der Waals surface area contributed by atoms with Gasteiger partial charge in [-0.05, 0) is 43.6 Å². The van der Waals surface area contributed by atoms with E-state index in [1.165, 1.54) is 19.2 Å². The number of nitrogens with one attached hydrogen (secondary N) is 3. The van der Waals surface area contributed by atoms with Crippen LogP contribution in [0.25, 0.3) is 0 Å². The maximum Gasteiger partial charge on any atom is 0.251 e. The monoisotopic (exact) mass is 355 g/mol. The SMILES string of the molecule is COCCNS(=O)(=O)c1cccc(C(=O)NC2CCNCC2C)c1. The minimum Gasteiger partial charge on any atom is -0.383 e. The first-order valence-electron chi connectivity index (χ1n) is 8.04. The number of amides is 1. The lowest BCUT2D eigenvalue weighted by atomic mass is 9.95. The minimum atomic E-state index is -3.65. The van der Waals surface area contributed by atoms with Crippen LogP contribution >= 0.6 is 0 Å². The Balaban J connectivity index is 2.07. The Labute approximate surface area is 143 Å². The number of hydrogen-bond acceptors (Lipinski definition) is 5. The molecule has 1 aliphatic rings. The lowest BCUT2D eigenvalue weighted by Gasteiger charge is -2.30. The van der Waals surface area contributed by atoms with Gasteiger partial charge in [-0.15, -0.1) is 0 Å². The molecule has 0 aliphatic carbocycles. The zero-order valence-electron chi connectivity index (χ0n) is 14.0. The van der Waals surface area contributed by atoms with Crippen LogP contribution in [0.2, 0.25) is 0 Å². The van der Waals surface area contributed by atoms with Gasteiger partial charge in [0, 0.05) is 25.3 Å². The van der Waals surface area contributed by atoms with E-state index in [1.807, 2.05) is 0 Å². The summed E-state index contributed by atoms with van der Waals surface area (Å²) in [5.41, 5.74) is 0.343. The molecule has 0 spiro atoms. The fourth-order valence-corrected chi connectivity index (χ4v) is 3.70. The largest absolute Gasteiger partial charge is 0.383 e. The van der Waals surface area contributed by atoms with Gasteiger partial charge < -0.3 is 15.4 Å². The summed E-state index contributed by atoms with van der Waals surface area (Å²) in [6, 6.07) is 6.16. The second kappa shape index (κ2) is 8.57. The first kappa shape index (κ1) is 18.9. The van der Waals surface area contributed by atoms with Crippen LogP contribution in [-0.4, -0.2) is 53.7 Å². The second-order valence-corrected chi connectivity index (χ2v) is 7.74. The molecule has 0 radical (unpaired) electrons. The zero-order chi connectivity index (χ0) is 17.6. The maximum absolute atomic E-state index is 12.4. The third-order valence-electron chi connectivity index (χ3n) is 4.11. The van der Waals surface area contributed by atoms with Crippen LogP contribution in [0.5, 0.6) is 0 Å². The van der Waals surface area contributed by atoms with Crippen molar-refractivity contribution in [3.63, 3.8) is 0 Å². The summed E-state index contributed by atoms with van der Waals surface area (Å²) in [5.74, 6) is 0.0908. The highest BCUT2D eigenvalue weighted by Gasteiger charge is 2.23. The van der Waals surface area contributed by atoms with E-state index in [1.54, 1.807) is 12.1 Å². The summed E-state index contributed by atoms with van der Waals surface area (Å²) in [4.78, 5) is 12.5. The molecular formula is C16H25N3O4S. The van der Waals surface area contributed by atoms with Crippen molar-refractivity contribution in [3.05, 3.63) is 29.8 Å². The Kier molecular flexibility index (Phi) is 6.73. The summed E-state index contributed by atoms with van der Waals surface area (Å²) in [6.45, 7) is 4.28. The lowest BCUT2D eigenvalue weighted by Crippen LogP contribution is -2.48. The molecule has 0 bridgehead atoms. The van der Waals surface area contributed by atoms with Crippen LogP contribution in [0.4, 0.5) is 0 Å². The summed E-state index contributed by atoms with van der Waals surface area (Å²) in [6.07, 6.45) is 0.865. The van der Waals surface area contributed by atoms with Crippen molar-refractivity contribution in [3.8, 4) is 0 Å². The molecule has 1 aliphatic heterocycles. The molecule has 1 amide bonds. The van der Waals surface area contributed by atoms with E-state index in [2.05, 4.69) is 22.3 Å². The molecule has 0 saturated carbocycles. The van der Waals surface area contributed by atoms with Gasteiger partial charge in [0.1, 0.15) is 0 Å². The van der Waals surface area contributed by atoms with E-state index in [4.69, 9.17) is 4.74 Å². The first-order valence-corrected chi connectivity index (χ1v) is 9.52. The number of ether oxygens (including phenoxy) is 1. The van der Waals surface area contributed by atoms with E-state index >= 15 is 0 Å². The summed E-state index contributed by atoms with van der Waals surface area (Å²) in [7, 11) is -2.15. The molecule has 1 heterocycles. The number of methoxy groups -OCH3 is 1. The van der Waals surface area contributed by atoms with Crippen LogP contribution in [0.1, 0.15) is 23.7 Å². The number of piperidine rings is 1. The Hall–Kier alpha value is -1.48. The Morgan fingerprint density at radius 2 is 2.21 bits per heavy atom. The number of sulfonamides is 1. The normalized spacial score (nSPS) is 21.4. The van der Waals surface area contributed by atoms with Crippen molar-refractivity contribution >= 4 is 15.9 Å². The van der Waals surface area contributed by atoms with Crippen molar-refractivity contribution in [2.75, 3.05) is 33.4 Å². The molecule has 7 nitrogen and oxygen atoms in total. The molecule has 1 fully saturated rings. The van der Waals surface area contributed by atoms with Crippen molar-refractivity contribution in [1.82, 2.24) is 15.4 Å². The van der Waals surface area contributed by atoms with Gasteiger partial charge >= 0.3 is 0 Å². The van der Waals surface area contributed by atoms with E-state index in [9.17, 15) is 13.2 Å². The average molecular weight is 355 g/mol. The molecule has 2 rings (SSSR count). The topological polar surface area (TPSA) is 96.5 Å². The van der Waals surface area contributed by atoms with E-state index in [0.29, 0.717) is 11.5 Å². The van der Waals surface area contributed by atoms with Crippen LogP contribution in [0.15, 0.2) is 29.2 Å². The van der Waals surface area contributed by atoms with Gasteiger partial charge in [0.25, 0.3) is 5.91 Å². The predicted molar refractivity (Wildman–Crippen MR) is 91.4 cm³/mol. The Morgan fingerprint density at radius 3 is 2.92 bits per heavy atom. The molecule has 0 aromatic heterocycles. The van der Waals surface area contributed by atoms with Crippen LogP contribution in [0.3, 0.4) is 0 Å². The highest BCUT2D eigenvalue weighted by atomic mass is 32.2. The number of benzene rings is 1. The highest BCUT2D eigenvalue weighted by Crippen LogP contribution is 2.14. The lowest BCUT2D eigenvalue weighted by molar-refractivity contribution is 0.0914. The van der Waals surface area contributed by atoms with Crippen molar-refractivity contribution in [2.45, 2.75) is 24.3 Å². The smallest absolute Gasteiger partial charge is 0.251 e. The van der Waals surface area contributed by atoms with Crippen LogP contribution in [0, 0.1) is 5.92 Å². The van der Waals surface area contributed by atoms with E-state index < -0.39 is 10.0 Å². The van der Waals surface area contributed by atoms with Gasteiger partial charge in [0.05, 0.1) is 11.5 Å². The highest BCUT2D eigenvalue weighted by molar-refractivity contribution is 7.89. The van der Waals surface area contributed by atoms with Gasteiger partial charge in [-0.2, -0.15) is 0 Å². The van der Waals surface area contributed by atoms with Crippen molar-refractivity contribution in [2.24, 2.45) is 5.92 Å². The fourth-order valence-electron chi connectivity index (χ4n) is 2.65. The number of rotatable bonds is 7. The first-order chi connectivity index (χ1) is 11.4. The molecule has 134 valence electrons. The quantitative estimate of drug-likeness (QED) is 0.613. The molecule has 1 saturated heterocycles. The number of carbonyl (C=O) groups excluding carboxylic acids is 1. The summed E-state index contributed by atoms with van der Waals surface area (Å²) < 4.78 is 31.7. The van der Waals surface area contributed by atoms with Crippen molar-refractivity contribution in [1.29, 1.82) is 0 Å². The molecular weight excluding hydrogens is 330 g/mol. The predicted octanol–water partition coefficient (Wildman–Crippen LogP) is 0.339. The maximum atomic E-state index is 12.4. The average Bonchev–Trinajstić information content (AvgIpc) is 2.57. The van der Waals surface area contributed by atoms with Gasteiger partial charge in [0.15, 0.2) is 0 Å². The minimum absolute atomic E-state index is 0.0737. The Morgan fingerprint density at radius 1 is 1.42 bits per heavy atom. The van der Waals surface area contributed by atoms with Gasteiger partial charge in [-0.25, -0.2) is 13.1 Å². The number of hydrogen-bond donors (Lipinski definition) is 3. The molecule has 1 aromatic rings. The molecule has 2 unspecified atom stereocenters. The third-order valence-corrected chi connectivity index (χ3v) is 5.57. The zero-order valence-corrected chi connectivity index (χ0v) is 14.9. The van der Waals surface area contributed by atoms with Crippen LogP contribution in [-0.2, 0) is 14.8 Å². The standard InChI is InChI=1S/C16H25N3O4S/c1-12-11-17-7-6-15(12)19-16(20)13-4-3-5-14(10-13)24(21,22)18-8-9-23-2/h3-5,10,12,15,17-18H,6-9,11H2,1-2H3,(H,19,20). The second-order valence-electron chi connectivity index (χ2n) is 5.97. The van der Waals surface area contributed by atoms with Crippen molar-refractivity contribution < 1.29 is 17.9 Å². The Bertz CT molecular complexity index is 663. The molecule has 24 heavy (non-hydrogen) atoms. The van der Waals surface area contributed by atoms with Gasteiger partial charge in [-0.3, -0.25) is 4.79 Å². The summed E-state index contributed by atoms with van der Waals surface area (Å²) in [5, 5.41) is 6.28. The van der Waals surface area contributed by atoms with Gasteiger partial charge in [-0.1, -0.05) is 13.0 Å². The van der Waals surface area contributed by atoms with Crippen LogP contribution < -0.4 is 15.4 Å². The number of carbonyl (C=O) groups is 1. The molecule has 8 heteroatoms. The van der Waals surface area contributed by atoms with E-state index in [-0.39, 0.29) is 30.0 Å².